The lowest BCUT2D eigenvalue weighted by Crippen LogP contribution is -2.25. The van der Waals surface area contributed by atoms with Crippen molar-refractivity contribution in [3.8, 4) is 0 Å². The summed E-state index contributed by atoms with van der Waals surface area (Å²) in [5.41, 5.74) is 5.42. The van der Waals surface area contributed by atoms with E-state index in [1.165, 1.54) is 0 Å². The van der Waals surface area contributed by atoms with E-state index in [-0.39, 0.29) is 6.04 Å². The molecule has 16 heavy (non-hydrogen) atoms. The number of hydrogen-bond donors (Lipinski definition) is 1. The summed E-state index contributed by atoms with van der Waals surface area (Å²) in [6.45, 7) is 6.03. The maximum absolute atomic E-state index is 5.91. The van der Waals surface area contributed by atoms with Crippen LogP contribution in [0.15, 0.2) is 4.52 Å². The standard InChI is InChI=1S/C11H21N3O2/c1-5-7-8(12)9-13-10(14-16-9)11(3,6-2)15-4/h8H,5-7,12H2,1-4H3/t8-,11?/m1/s1. The molecule has 2 N–H and O–H groups in total. The minimum atomic E-state index is -0.492. The molecule has 0 bridgehead atoms. The molecule has 92 valence electrons. The van der Waals surface area contributed by atoms with Crippen LogP contribution in [0.5, 0.6) is 0 Å². The van der Waals surface area contributed by atoms with E-state index in [0.717, 1.165) is 19.3 Å². The first kappa shape index (κ1) is 13.1. The lowest BCUT2D eigenvalue weighted by molar-refractivity contribution is -0.0106. The molecule has 0 saturated heterocycles. The van der Waals surface area contributed by atoms with Crippen molar-refractivity contribution in [3.05, 3.63) is 11.7 Å². The van der Waals surface area contributed by atoms with Crippen molar-refractivity contribution in [1.29, 1.82) is 0 Å². The fourth-order valence-electron chi connectivity index (χ4n) is 1.43. The maximum atomic E-state index is 5.91. The largest absolute Gasteiger partial charge is 0.370 e. The van der Waals surface area contributed by atoms with E-state index in [1.54, 1.807) is 7.11 Å². The van der Waals surface area contributed by atoms with E-state index in [4.69, 9.17) is 15.0 Å². The van der Waals surface area contributed by atoms with Gasteiger partial charge >= 0.3 is 0 Å². The Balaban J connectivity index is 2.85. The van der Waals surface area contributed by atoms with E-state index < -0.39 is 5.60 Å². The summed E-state index contributed by atoms with van der Waals surface area (Å²) >= 11 is 0. The molecule has 0 spiro atoms. The maximum Gasteiger partial charge on any atom is 0.243 e. The van der Waals surface area contributed by atoms with Crippen LogP contribution in [0.4, 0.5) is 0 Å². The fourth-order valence-corrected chi connectivity index (χ4v) is 1.43. The molecule has 5 nitrogen and oxygen atoms in total. The van der Waals surface area contributed by atoms with Gasteiger partial charge in [-0.3, -0.25) is 0 Å². The molecule has 0 aliphatic carbocycles. The van der Waals surface area contributed by atoms with Gasteiger partial charge in [-0.15, -0.1) is 0 Å². The predicted octanol–water partition coefficient (Wildman–Crippen LogP) is 2.14. The molecule has 0 fully saturated rings. The molecular weight excluding hydrogens is 206 g/mol. The van der Waals surface area contributed by atoms with Crippen molar-refractivity contribution in [2.45, 2.75) is 51.7 Å². The van der Waals surface area contributed by atoms with Crippen LogP contribution in [0.3, 0.4) is 0 Å². The Bertz CT molecular complexity index is 321. The van der Waals surface area contributed by atoms with Gasteiger partial charge in [-0.2, -0.15) is 4.98 Å². The summed E-state index contributed by atoms with van der Waals surface area (Å²) < 4.78 is 10.6. The molecule has 1 heterocycles. The van der Waals surface area contributed by atoms with Crippen molar-refractivity contribution in [1.82, 2.24) is 10.1 Å². The first-order chi connectivity index (χ1) is 7.57. The topological polar surface area (TPSA) is 74.2 Å². The summed E-state index contributed by atoms with van der Waals surface area (Å²) in [6.07, 6.45) is 2.62. The van der Waals surface area contributed by atoms with Gasteiger partial charge in [-0.1, -0.05) is 25.4 Å². The number of rotatable bonds is 6. The van der Waals surface area contributed by atoms with E-state index in [9.17, 15) is 0 Å². The Morgan fingerprint density at radius 3 is 2.69 bits per heavy atom. The van der Waals surface area contributed by atoms with Crippen LogP contribution in [-0.4, -0.2) is 17.3 Å². The van der Waals surface area contributed by atoms with Gasteiger partial charge in [0.1, 0.15) is 5.60 Å². The first-order valence-electron chi connectivity index (χ1n) is 5.72. The highest BCUT2D eigenvalue weighted by Gasteiger charge is 2.30. The highest BCUT2D eigenvalue weighted by atomic mass is 16.5. The van der Waals surface area contributed by atoms with Gasteiger partial charge in [0.05, 0.1) is 6.04 Å². The van der Waals surface area contributed by atoms with Crippen LogP contribution in [0.2, 0.25) is 0 Å². The average Bonchev–Trinajstić information content (AvgIpc) is 2.78. The van der Waals surface area contributed by atoms with Gasteiger partial charge in [0.25, 0.3) is 0 Å². The minimum absolute atomic E-state index is 0.177. The Labute approximate surface area is 96.4 Å². The van der Waals surface area contributed by atoms with Gasteiger partial charge in [0.2, 0.25) is 11.7 Å². The second-order valence-electron chi connectivity index (χ2n) is 4.14. The second kappa shape index (κ2) is 5.41. The second-order valence-corrected chi connectivity index (χ2v) is 4.14. The van der Waals surface area contributed by atoms with Crippen LogP contribution in [-0.2, 0) is 10.3 Å². The predicted molar refractivity (Wildman–Crippen MR) is 60.8 cm³/mol. The van der Waals surface area contributed by atoms with Crippen molar-refractivity contribution in [2.75, 3.05) is 7.11 Å². The highest BCUT2D eigenvalue weighted by Crippen LogP contribution is 2.26. The summed E-state index contributed by atoms with van der Waals surface area (Å²) in [5, 5.41) is 3.94. The molecule has 0 saturated carbocycles. The van der Waals surface area contributed by atoms with Crippen molar-refractivity contribution in [3.63, 3.8) is 0 Å². The molecule has 0 amide bonds. The Morgan fingerprint density at radius 1 is 1.50 bits per heavy atom. The summed E-state index contributed by atoms with van der Waals surface area (Å²) in [4.78, 5) is 4.31. The molecular formula is C11H21N3O2. The van der Waals surface area contributed by atoms with Crippen LogP contribution < -0.4 is 5.73 Å². The van der Waals surface area contributed by atoms with Crippen LogP contribution >= 0.6 is 0 Å². The van der Waals surface area contributed by atoms with E-state index >= 15 is 0 Å². The van der Waals surface area contributed by atoms with Gasteiger partial charge in [-0.05, 0) is 19.8 Å². The number of nitrogens with two attached hydrogens (primary N) is 1. The third-order valence-corrected chi connectivity index (χ3v) is 2.96. The lowest BCUT2D eigenvalue weighted by atomic mass is 10.0. The number of hydrogen-bond acceptors (Lipinski definition) is 5. The van der Waals surface area contributed by atoms with E-state index in [1.807, 2.05) is 13.8 Å². The molecule has 1 aromatic heterocycles. The van der Waals surface area contributed by atoms with Crippen molar-refractivity contribution in [2.24, 2.45) is 5.73 Å². The number of ether oxygens (including phenoxy) is 1. The Hall–Kier alpha value is -0.940. The fraction of sp³-hybridized carbons (Fsp3) is 0.818. The lowest BCUT2D eigenvalue weighted by Gasteiger charge is -2.21. The molecule has 2 atom stereocenters. The van der Waals surface area contributed by atoms with E-state index in [2.05, 4.69) is 17.1 Å². The van der Waals surface area contributed by atoms with Gasteiger partial charge in [0, 0.05) is 7.11 Å². The summed E-state index contributed by atoms with van der Waals surface area (Å²) in [7, 11) is 1.64. The highest BCUT2D eigenvalue weighted by molar-refractivity contribution is 5.00. The van der Waals surface area contributed by atoms with Gasteiger partial charge in [-0.25, -0.2) is 0 Å². The molecule has 0 radical (unpaired) electrons. The first-order valence-corrected chi connectivity index (χ1v) is 5.72. The van der Waals surface area contributed by atoms with Crippen LogP contribution in [0.1, 0.15) is 57.8 Å². The third kappa shape index (κ3) is 2.59. The Morgan fingerprint density at radius 2 is 2.19 bits per heavy atom. The Kier molecular flexibility index (Phi) is 4.44. The number of methoxy groups -OCH3 is 1. The molecule has 1 unspecified atom stereocenters. The molecule has 0 aromatic carbocycles. The molecule has 0 aliphatic heterocycles. The third-order valence-electron chi connectivity index (χ3n) is 2.96. The quantitative estimate of drug-likeness (QED) is 0.805. The smallest absolute Gasteiger partial charge is 0.243 e. The zero-order valence-electron chi connectivity index (χ0n) is 10.5. The number of aromatic nitrogens is 2. The minimum Gasteiger partial charge on any atom is -0.370 e. The molecule has 0 aliphatic rings. The number of nitrogens with zero attached hydrogens (tertiary/aromatic N) is 2. The van der Waals surface area contributed by atoms with E-state index in [0.29, 0.717) is 11.7 Å². The van der Waals surface area contributed by atoms with Gasteiger partial charge < -0.3 is 15.0 Å². The SMILES string of the molecule is CCC[C@@H](N)c1nc(C(C)(CC)OC)no1. The monoisotopic (exact) mass is 227 g/mol. The zero-order valence-corrected chi connectivity index (χ0v) is 10.5. The van der Waals surface area contributed by atoms with Gasteiger partial charge in [0.15, 0.2) is 0 Å². The van der Waals surface area contributed by atoms with Crippen molar-refractivity contribution >= 4 is 0 Å². The van der Waals surface area contributed by atoms with Crippen LogP contribution in [0, 0.1) is 0 Å². The molecule has 5 heteroatoms. The van der Waals surface area contributed by atoms with Crippen molar-refractivity contribution < 1.29 is 9.26 Å². The summed E-state index contributed by atoms with van der Waals surface area (Å²) in [6, 6.07) is -0.177. The molecule has 1 rings (SSSR count). The van der Waals surface area contributed by atoms with Crippen LogP contribution in [0.25, 0.3) is 0 Å². The summed E-state index contributed by atoms with van der Waals surface area (Å²) in [5.74, 6) is 1.06. The average molecular weight is 227 g/mol. The normalized spacial score (nSPS) is 17.1. The zero-order chi connectivity index (χ0) is 12.2. The molecule has 1 aromatic rings.